The zero-order chi connectivity index (χ0) is 13.9. The van der Waals surface area contributed by atoms with Gasteiger partial charge in [0, 0.05) is 6.04 Å². The summed E-state index contributed by atoms with van der Waals surface area (Å²) < 4.78 is 0. The van der Waals surface area contributed by atoms with Crippen molar-refractivity contribution in [3.63, 3.8) is 0 Å². The molecule has 0 aromatic carbocycles. The highest BCUT2D eigenvalue weighted by Crippen LogP contribution is 2.26. The lowest BCUT2D eigenvalue weighted by Crippen LogP contribution is -2.40. The van der Waals surface area contributed by atoms with E-state index in [1.807, 2.05) is 17.5 Å². The van der Waals surface area contributed by atoms with Crippen LogP contribution in [0.2, 0.25) is 0 Å². The molecule has 5 nitrogen and oxygen atoms in total. The van der Waals surface area contributed by atoms with Crippen molar-refractivity contribution < 1.29 is 4.79 Å². The minimum atomic E-state index is -0.116. The Balaban J connectivity index is 0.00000161. The van der Waals surface area contributed by atoms with Gasteiger partial charge in [-0.05, 0) is 42.8 Å². The number of nitrogens with two attached hydrogens (primary N) is 1. The Morgan fingerprint density at radius 3 is 3.10 bits per heavy atom. The van der Waals surface area contributed by atoms with Gasteiger partial charge in [0.25, 0.3) is 5.91 Å². The molecule has 0 aliphatic heterocycles. The largest absolute Gasteiger partial charge is 0.348 e. The van der Waals surface area contributed by atoms with E-state index in [2.05, 4.69) is 15.5 Å². The Hall–Kier alpha value is -1.37. The molecule has 2 aromatic rings. The van der Waals surface area contributed by atoms with Crippen molar-refractivity contribution in [2.24, 2.45) is 11.7 Å². The first-order valence-electron chi connectivity index (χ1n) is 6.88. The number of nitrogens with one attached hydrogen (secondary N) is 2. The van der Waals surface area contributed by atoms with Gasteiger partial charge in [-0.1, -0.05) is 12.5 Å². The summed E-state index contributed by atoms with van der Waals surface area (Å²) in [6, 6.07) is 5.97. The third-order valence-electron chi connectivity index (χ3n) is 3.88. The van der Waals surface area contributed by atoms with E-state index in [1.54, 1.807) is 17.4 Å². The summed E-state index contributed by atoms with van der Waals surface area (Å²) >= 11 is 1.62. The van der Waals surface area contributed by atoms with E-state index in [4.69, 9.17) is 5.73 Å². The zero-order valence-electron chi connectivity index (χ0n) is 11.5. The van der Waals surface area contributed by atoms with Gasteiger partial charge in [0.15, 0.2) is 5.69 Å². The summed E-state index contributed by atoms with van der Waals surface area (Å²) in [7, 11) is 0. The summed E-state index contributed by atoms with van der Waals surface area (Å²) in [6.07, 6.45) is 3.24. The van der Waals surface area contributed by atoms with E-state index in [-0.39, 0.29) is 24.4 Å². The van der Waals surface area contributed by atoms with Crippen molar-refractivity contribution in [3.8, 4) is 10.6 Å². The molecule has 1 amide bonds. The van der Waals surface area contributed by atoms with Gasteiger partial charge in [0.1, 0.15) is 0 Å². The van der Waals surface area contributed by atoms with Gasteiger partial charge in [-0.15, -0.1) is 23.7 Å². The van der Waals surface area contributed by atoms with Gasteiger partial charge >= 0.3 is 0 Å². The van der Waals surface area contributed by atoms with Gasteiger partial charge in [-0.2, -0.15) is 5.10 Å². The van der Waals surface area contributed by atoms with Crippen molar-refractivity contribution in [1.82, 2.24) is 15.5 Å². The summed E-state index contributed by atoms with van der Waals surface area (Å²) in [5.41, 5.74) is 7.06. The normalized spacial score (nSPS) is 21.0. The molecule has 0 bridgehead atoms. The number of aromatic nitrogens is 2. The van der Waals surface area contributed by atoms with Crippen molar-refractivity contribution >= 4 is 29.7 Å². The maximum atomic E-state index is 12.2. The van der Waals surface area contributed by atoms with E-state index < -0.39 is 0 Å². The molecule has 1 saturated carbocycles. The molecular formula is C14H19ClN4OS. The fourth-order valence-corrected chi connectivity index (χ4v) is 3.44. The van der Waals surface area contributed by atoms with E-state index in [1.165, 1.54) is 0 Å². The van der Waals surface area contributed by atoms with Crippen LogP contribution in [0.15, 0.2) is 23.6 Å². The van der Waals surface area contributed by atoms with E-state index in [9.17, 15) is 4.79 Å². The first-order chi connectivity index (χ1) is 9.78. The average molecular weight is 327 g/mol. The quantitative estimate of drug-likeness (QED) is 0.806. The van der Waals surface area contributed by atoms with Gasteiger partial charge in [0.05, 0.1) is 10.6 Å². The predicted molar refractivity (Wildman–Crippen MR) is 86.8 cm³/mol. The standard InChI is InChI=1S/C14H18N4OS.ClH/c15-8-9-3-1-4-10(9)16-14(19)12-7-11(17-18-12)13-5-2-6-20-13;/h2,5-7,9-10H,1,3-4,8,15H2,(H,16,19)(H,17,18);1H. The monoisotopic (exact) mass is 326 g/mol. The van der Waals surface area contributed by atoms with Gasteiger partial charge in [-0.3, -0.25) is 9.89 Å². The van der Waals surface area contributed by atoms with Crippen LogP contribution in [-0.4, -0.2) is 28.7 Å². The van der Waals surface area contributed by atoms with Gasteiger partial charge < -0.3 is 11.1 Å². The molecule has 2 atom stereocenters. The van der Waals surface area contributed by atoms with Crippen LogP contribution in [0, 0.1) is 5.92 Å². The first kappa shape index (κ1) is 16.0. The fraction of sp³-hybridized carbons (Fsp3) is 0.429. The lowest BCUT2D eigenvalue weighted by atomic mass is 10.0. The number of aromatic amines is 1. The van der Waals surface area contributed by atoms with E-state index in [0.717, 1.165) is 29.8 Å². The summed E-state index contributed by atoms with van der Waals surface area (Å²) in [4.78, 5) is 13.3. The maximum Gasteiger partial charge on any atom is 0.272 e. The minimum Gasteiger partial charge on any atom is -0.348 e. The highest BCUT2D eigenvalue weighted by Gasteiger charge is 2.28. The van der Waals surface area contributed by atoms with Gasteiger partial charge in [-0.25, -0.2) is 0 Å². The number of halogens is 1. The molecule has 3 rings (SSSR count). The molecule has 2 heterocycles. The molecule has 1 aliphatic carbocycles. The SMILES string of the molecule is Cl.NCC1CCCC1NC(=O)c1cc(-c2cccs2)[nH]n1. The topological polar surface area (TPSA) is 83.8 Å². The van der Waals surface area contributed by atoms with Crippen LogP contribution in [0.1, 0.15) is 29.8 Å². The lowest BCUT2D eigenvalue weighted by Gasteiger charge is -2.18. The van der Waals surface area contributed by atoms with Crippen LogP contribution in [0.3, 0.4) is 0 Å². The smallest absolute Gasteiger partial charge is 0.272 e. The molecule has 0 radical (unpaired) electrons. The van der Waals surface area contributed by atoms with Crippen molar-refractivity contribution in [2.75, 3.05) is 6.54 Å². The average Bonchev–Trinajstić information content (AvgIpc) is 3.19. The molecule has 2 aromatic heterocycles. The minimum absolute atomic E-state index is 0. The molecule has 0 spiro atoms. The predicted octanol–water partition coefficient (Wildman–Crippen LogP) is 2.42. The van der Waals surface area contributed by atoms with Crippen molar-refractivity contribution in [1.29, 1.82) is 0 Å². The number of rotatable bonds is 4. The van der Waals surface area contributed by atoms with Crippen LogP contribution in [0.25, 0.3) is 10.6 Å². The summed E-state index contributed by atoms with van der Waals surface area (Å²) in [6.45, 7) is 0.631. The third-order valence-corrected chi connectivity index (χ3v) is 4.78. The Morgan fingerprint density at radius 1 is 1.52 bits per heavy atom. The number of thiophene rings is 1. The second-order valence-corrected chi connectivity index (χ2v) is 6.10. The van der Waals surface area contributed by atoms with Crippen LogP contribution in [-0.2, 0) is 0 Å². The van der Waals surface area contributed by atoms with Crippen LogP contribution in [0.5, 0.6) is 0 Å². The Bertz CT molecular complexity index is 584. The van der Waals surface area contributed by atoms with Crippen molar-refractivity contribution in [2.45, 2.75) is 25.3 Å². The number of carbonyl (C=O) groups excluding carboxylic acids is 1. The summed E-state index contributed by atoms with van der Waals surface area (Å²) in [5.74, 6) is 0.282. The van der Waals surface area contributed by atoms with Crippen LogP contribution < -0.4 is 11.1 Å². The maximum absolute atomic E-state index is 12.2. The Morgan fingerprint density at radius 2 is 2.38 bits per heavy atom. The highest BCUT2D eigenvalue weighted by atomic mass is 35.5. The second kappa shape index (κ2) is 7.06. The molecule has 1 fully saturated rings. The number of amides is 1. The van der Waals surface area contributed by atoms with E-state index >= 15 is 0 Å². The number of H-pyrrole nitrogens is 1. The molecular weight excluding hydrogens is 308 g/mol. The number of nitrogens with zero attached hydrogens (tertiary/aromatic N) is 1. The zero-order valence-corrected chi connectivity index (χ0v) is 13.2. The fourth-order valence-electron chi connectivity index (χ4n) is 2.75. The summed E-state index contributed by atoms with van der Waals surface area (Å²) in [5, 5.41) is 12.1. The molecule has 2 unspecified atom stereocenters. The molecule has 21 heavy (non-hydrogen) atoms. The highest BCUT2D eigenvalue weighted by molar-refractivity contribution is 7.13. The third kappa shape index (κ3) is 3.45. The van der Waals surface area contributed by atoms with Crippen molar-refractivity contribution in [3.05, 3.63) is 29.3 Å². The molecule has 114 valence electrons. The Labute approximate surface area is 133 Å². The molecule has 4 N–H and O–H groups in total. The van der Waals surface area contributed by atoms with Crippen LogP contribution >= 0.6 is 23.7 Å². The van der Waals surface area contributed by atoms with E-state index in [0.29, 0.717) is 18.2 Å². The second-order valence-electron chi connectivity index (χ2n) is 5.15. The number of hydrogen-bond acceptors (Lipinski definition) is 4. The Kier molecular flexibility index (Phi) is 5.39. The first-order valence-corrected chi connectivity index (χ1v) is 7.76. The molecule has 7 heteroatoms. The van der Waals surface area contributed by atoms with Crippen LogP contribution in [0.4, 0.5) is 0 Å². The van der Waals surface area contributed by atoms with Gasteiger partial charge in [0.2, 0.25) is 0 Å². The molecule has 0 saturated heterocycles. The molecule has 1 aliphatic rings. The number of carbonyl (C=O) groups is 1. The number of hydrogen-bond donors (Lipinski definition) is 3. The lowest BCUT2D eigenvalue weighted by molar-refractivity contribution is 0.0923.